The zero-order valence-electron chi connectivity index (χ0n) is 13.1. The molecule has 0 rings (SSSR count). The first-order chi connectivity index (χ1) is 9.65. The predicted molar refractivity (Wildman–Crippen MR) is 80.3 cm³/mol. The topological polar surface area (TPSA) is 104 Å². The van der Waals surface area contributed by atoms with Gasteiger partial charge in [0.1, 0.15) is 6.04 Å². The molecule has 0 aliphatic carbocycles. The SMILES string of the molecule is CCC(CC)CS(=O)(=O)N(CCNC(C)=O)C(C)C(=O)O. The summed E-state index contributed by atoms with van der Waals surface area (Å²) in [5.41, 5.74) is 0. The van der Waals surface area contributed by atoms with Gasteiger partial charge in [-0.2, -0.15) is 4.31 Å². The average molecular weight is 322 g/mol. The summed E-state index contributed by atoms with van der Waals surface area (Å²) in [5.74, 6) is -1.56. The molecule has 0 aromatic rings. The summed E-state index contributed by atoms with van der Waals surface area (Å²) in [6, 6.07) is -1.15. The molecule has 0 heterocycles. The standard InChI is InChI=1S/C13H26N2O5S/c1-5-12(6-2)9-21(19,20)15(10(3)13(17)18)8-7-14-11(4)16/h10,12H,5-9H2,1-4H3,(H,14,16)(H,17,18). The molecular formula is C13H26N2O5S. The Balaban J connectivity index is 5.08. The van der Waals surface area contributed by atoms with Crippen LogP contribution in [0.3, 0.4) is 0 Å². The normalized spacial score (nSPS) is 13.4. The molecule has 0 fully saturated rings. The third kappa shape index (κ3) is 6.90. The fraction of sp³-hybridized carbons (Fsp3) is 0.846. The van der Waals surface area contributed by atoms with Gasteiger partial charge in [-0.25, -0.2) is 8.42 Å². The van der Waals surface area contributed by atoms with Crippen molar-refractivity contribution in [2.45, 2.75) is 46.6 Å². The van der Waals surface area contributed by atoms with Crippen LogP contribution in [0.2, 0.25) is 0 Å². The van der Waals surface area contributed by atoms with Crippen LogP contribution in [-0.2, 0) is 19.6 Å². The summed E-state index contributed by atoms with van der Waals surface area (Å²) in [6.45, 7) is 6.52. The zero-order chi connectivity index (χ0) is 16.6. The van der Waals surface area contributed by atoms with Gasteiger partial charge >= 0.3 is 5.97 Å². The van der Waals surface area contributed by atoms with Crippen molar-refractivity contribution in [2.24, 2.45) is 5.92 Å². The Morgan fingerprint density at radius 1 is 1.24 bits per heavy atom. The lowest BCUT2D eigenvalue weighted by Crippen LogP contribution is -2.48. The lowest BCUT2D eigenvalue weighted by atomic mass is 10.1. The second-order valence-electron chi connectivity index (χ2n) is 5.07. The minimum absolute atomic E-state index is 0.000684. The van der Waals surface area contributed by atoms with E-state index in [1.165, 1.54) is 13.8 Å². The van der Waals surface area contributed by atoms with Crippen molar-refractivity contribution >= 4 is 21.9 Å². The second kappa shape index (κ2) is 8.99. The minimum Gasteiger partial charge on any atom is -0.480 e. The molecule has 1 unspecified atom stereocenters. The highest BCUT2D eigenvalue weighted by Crippen LogP contribution is 2.16. The van der Waals surface area contributed by atoms with Gasteiger partial charge in [-0.15, -0.1) is 0 Å². The van der Waals surface area contributed by atoms with Crippen molar-refractivity contribution in [3.05, 3.63) is 0 Å². The van der Waals surface area contributed by atoms with E-state index in [0.29, 0.717) is 0 Å². The smallest absolute Gasteiger partial charge is 0.321 e. The van der Waals surface area contributed by atoms with Gasteiger partial charge in [0.25, 0.3) is 0 Å². The van der Waals surface area contributed by atoms with E-state index in [4.69, 9.17) is 5.11 Å². The predicted octanol–water partition coefficient (Wildman–Crippen LogP) is 0.664. The van der Waals surface area contributed by atoms with E-state index in [0.717, 1.165) is 17.1 Å². The van der Waals surface area contributed by atoms with E-state index in [2.05, 4.69) is 5.32 Å². The molecule has 1 amide bonds. The first-order valence-corrected chi connectivity index (χ1v) is 8.73. The van der Waals surface area contributed by atoms with Crippen LogP contribution in [0.25, 0.3) is 0 Å². The van der Waals surface area contributed by atoms with Crippen LogP contribution < -0.4 is 5.32 Å². The number of hydrogen-bond acceptors (Lipinski definition) is 4. The van der Waals surface area contributed by atoms with Crippen LogP contribution in [0, 0.1) is 5.92 Å². The summed E-state index contributed by atoms with van der Waals surface area (Å²) in [7, 11) is -3.69. The third-order valence-electron chi connectivity index (χ3n) is 3.45. The van der Waals surface area contributed by atoms with E-state index in [1.807, 2.05) is 13.8 Å². The van der Waals surface area contributed by atoms with Crippen LogP contribution in [-0.4, -0.2) is 54.6 Å². The summed E-state index contributed by atoms with van der Waals surface area (Å²) < 4.78 is 25.8. The molecule has 0 bridgehead atoms. The highest BCUT2D eigenvalue weighted by atomic mass is 32.2. The van der Waals surface area contributed by atoms with Crippen LogP contribution in [0.5, 0.6) is 0 Å². The number of amides is 1. The Kier molecular flexibility index (Phi) is 8.50. The van der Waals surface area contributed by atoms with Crippen molar-refractivity contribution in [1.82, 2.24) is 9.62 Å². The van der Waals surface area contributed by atoms with Gasteiger partial charge in [0, 0.05) is 20.0 Å². The fourth-order valence-corrected chi connectivity index (χ4v) is 4.16. The van der Waals surface area contributed by atoms with E-state index >= 15 is 0 Å². The van der Waals surface area contributed by atoms with Crippen LogP contribution >= 0.6 is 0 Å². The van der Waals surface area contributed by atoms with Gasteiger partial charge in [-0.1, -0.05) is 26.7 Å². The average Bonchev–Trinajstić information content (AvgIpc) is 2.39. The number of sulfonamides is 1. The summed E-state index contributed by atoms with van der Waals surface area (Å²) in [5, 5.41) is 11.6. The number of hydrogen-bond donors (Lipinski definition) is 2. The molecule has 0 aromatic heterocycles. The largest absolute Gasteiger partial charge is 0.480 e. The lowest BCUT2D eigenvalue weighted by molar-refractivity contribution is -0.140. The number of carboxylic acid groups (broad SMARTS) is 1. The molecule has 7 nitrogen and oxygen atoms in total. The number of carboxylic acids is 1. The number of rotatable bonds is 10. The Bertz CT molecular complexity index is 445. The highest BCUT2D eigenvalue weighted by molar-refractivity contribution is 7.89. The Morgan fingerprint density at radius 3 is 2.14 bits per heavy atom. The Labute approximate surface area is 126 Å². The van der Waals surface area contributed by atoms with Crippen molar-refractivity contribution in [1.29, 1.82) is 0 Å². The third-order valence-corrected chi connectivity index (χ3v) is 5.56. The second-order valence-corrected chi connectivity index (χ2v) is 7.04. The molecule has 0 aromatic carbocycles. The molecule has 124 valence electrons. The number of nitrogens with zero attached hydrogens (tertiary/aromatic N) is 1. The molecule has 0 saturated heterocycles. The maximum absolute atomic E-state index is 12.4. The van der Waals surface area contributed by atoms with Gasteiger partial charge < -0.3 is 10.4 Å². The van der Waals surface area contributed by atoms with Crippen molar-refractivity contribution in [3.8, 4) is 0 Å². The highest BCUT2D eigenvalue weighted by Gasteiger charge is 2.32. The first kappa shape index (κ1) is 19.9. The van der Waals surface area contributed by atoms with Crippen molar-refractivity contribution < 1.29 is 23.1 Å². The van der Waals surface area contributed by atoms with Crippen molar-refractivity contribution in [3.63, 3.8) is 0 Å². The lowest BCUT2D eigenvalue weighted by Gasteiger charge is -2.27. The van der Waals surface area contributed by atoms with Gasteiger partial charge in [0.05, 0.1) is 5.75 Å². The van der Waals surface area contributed by atoms with E-state index in [1.54, 1.807) is 0 Å². The Morgan fingerprint density at radius 2 is 1.76 bits per heavy atom. The molecule has 2 N–H and O–H groups in total. The van der Waals surface area contributed by atoms with Gasteiger partial charge in [0.15, 0.2) is 0 Å². The van der Waals surface area contributed by atoms with Crippen LogP contribution in [0.15, 0.2) is 0 Å². The van der Waals surface area contributed by atoms with E-state index in [9.17, 15) is 18.0 Å². The zero-order valence-corrected chi connectivity index (χ0v) is 13.9. The molecule has 0 aliphatic heterocycles. The molecule has 0 aliphatic rings. The van der Waals surface area contributed by atoms with Crippen molar-refractivity contribution in [2.75, 3.05) is 18.8 Å². The van der Waals surface area contributed by atoms with E-state index < -0.39 is 22.0 Å². The maximum atomic E-state index is 12.4. The van der Waals surface area contributed by atoms with Gasteiger partial charge in [-0.05, 0) is 12.8 Å². The molecule has 0 radical (unpaired) electrons. The first-order valence-electron chi connectivity index (χ1n) is 7.12. The number of aliphatic carboxylic acids is 1. The molecule has 0 spiro atoms. The van der Waals surface area contributed by atoms with Gasteiger partial charge in [0.2, 0.25) is 15.9 Å². The fourth-order valence-electron chi connectivity index (χ4n) is 1.96. The maximum Gasteiger partial charge on any atom is 0.321 e. The number of carbonyl (C=O) groups excluding carboxylic acids is 1. The summed E-state index contributed by atoms with van der Waals surface area (Å²) >= 11 is 0. The quantitative estimate of drug-likeness (QED) is 0.615. The summed E-state index contributed by atoms with van der Waals surface area (Å²) in [4.78, 5) is 22.0. The summed E-state index contributed by atoms with van der Waals surface area (Å²) in [6.07, 6.45) is 1.44. The van der Waals surface area contributed by atoms with Gasteiger partial charge in [-0.3, -0.25) is 9.59 Å². The molecule has 1 atom stereocenters. The number of carbonyl (C=O) groups is 2. The van der Waals surface area contributed by atoms with E-state index in [-0.39, 0.29) is 30.7 Å². The minimum atomic E-state index is -3.69. The monoisotopic (exact) mass is 322 g/mol. The molecule has 8 heteroatoms. The molecule has 21 heavy (non-hydrogen) atoms. The van der Waals surface area contributed by atoms with Crippen LogP contribution in [0.4, 0.5) is 0 Å². The molecular weight excluding hydrogens is 296 g/mol. The van der Waals surface area contributed by atoms with Crippen LogP contribution in [0.1, 0.15) is 40.5 Å². The molecule has 0 saturated carbocycles. The Hall–Kier alpha value is -1.15. The number of nitrogens with one attached hydrogen (secondary N) is 1.